The molecule has 0 aliphatic rings. The molecule has 19 heteroatoms. The molecule has 2 rings (SSSR count). The predicted octanol–water partition coefficient (Wildman–Crippen LogP) is 9.01. The summed E-state index contributed by atoms with van der Waals surface area (Å²) in [5.41, 5.74) is 0.593. The van der Waals surface area contributed by atoms with Gasteiger partial charge in [0.1, 0.15) is 0 Å². The van der Waals surface area contributed by atoms with Gasteiger partial charge in [0.05, 0.1) is 5.56 Å². The Morgan fingerprint density at radius 1 is 0.638 bits per heavy atom. The number of alkyl halides is 15. The van der Waals surface area contributed by atoms with Crippen molar-refractivity contribution in [2.24, 2.45) is 5.92 Å². The highest BCUT2D eigenvalue weighted by atomic mass is 19.4. The number of carbonyl (C=O) groups is 2. The predicted molar refractivity (Wildman–Crippen MR) is 131 cm³/mol. The quantitative estimate of drug-likeness (QED) is 0.154. The maximum Gasteiger partial charge on any atom is 0.460 e. The lowest BCUT2D eigenvalue weighted by molar-refractivity contribution is -0.453. The fraction of sp³-hybridized carbons (Fsp3) is 0.500. The van der Waals surface area contributed by atoms with Crippen LogP contribution in [-0.2, 0) is 20.7 Å². The maximum absolute atomic E-state index is 14.3. The number of hydrogen-bond acceptors (Lipinski definition) is 4. The Morgan fingerprint density at radius 3 is 1.53 bits per heavy atom. The van der Waals surface area contributed by atoms with E-state index in [0.717, 1.165) is 12.1 Å². The second kappa shape index (κ2) is 13.1. The van der Waals surface area contributed by atoms with Gasteiger partial charge in [0, 0.05) is 5.56 Å². The summed E-state index contributed by atoms with van der Waals surface area (Å²) in [7, 11) is 0. The topological polar surface area (TPSA) is 52.6 Å². The van der Waals surface area contributed by atoms with Crippen LogP contribution < -0.4 is 0 Å². The summed E-state index contributed by atoms with van der Waals surface area (Å²) in [4.78, 5) is 25.3. The van der Waals surface area contributed by atoms with Crippen LogP contribution in [0.1, 0.15) is 47.0 Å². The van der Waals surface area contributed by atoms with E-state index in [-0.39, 0.29) is 17.0 Å². The Balaban J connectivity index is 2.44. The second-order valence-electron chi connectivity index (χ2n) is 10.7. The molecule has 1 unspecified atom stereocenters. The minimum atomic E-state index is -8.49. The van der Waals surface area contributed by atoms with Crippen molar-refractivity contribution in [1.82, 2.24) is 0 Å². The molecule has 0 amide bonds. The van der Waals surface area contributed by atoms with Crippen LogP contribution in [0.3, 0.4) is 0 Å². The van der Waals surface area contributed by atoms with Crippen molar-refractivity contribution in [1.29, 1.82) is 0 Å². The Bertz CT molecular complexity index is 1400. The number of hydrogen-bond donors (Lipinski definition) is 0. The molecular weight excluding hydrogens is 685 g/mol. The van der Waals surface area contributed by atoms with Crippen LogP contribution in [0.4, 0.5) is 65.9 Å². The highest BCUT2D eigenvalue weighted by Gasteiger charge is 2.93. The van der Waals surface area contributed by atoms with E-state index in [1.807, 2.05) is 13.8 Å². The number of rotatable bonds is 13. The molecule has 0 bridgehead atoms. The first-order chi connectivity index (χ1) is 21.0. The van der Waals surface area contributed by atoms with Crippen molar-refractivity contribution in [3.05, 3.63) is 70.8 Å². The number of benzene rings is 2. The van der Waals surface area contributed by atoms with Gasteiger partial charge in [0.25, 0.3) is 0 Å². The highest BCUT2D eigenvalue weighted by molar-refractivity contribution is 5.91. The Labute approximate surface area is 255 Å². The van der Waals surface area contributed by atoms with E-state index in [0.29, 0.717) is 17.5 Å². The molecule has 0 aromatic heterocycles. The molecule has 0 spiro atoms. The van der Waals surface area contributed by atoms with Crippen LogP contribution in [-0.4, -0.2) is 60.3 Å². The lowest BCUT2D eigenvalue weighted by Crippen LogP contribution is -2.73. The second-order valence-corrected chi connectivity index (χ2v) is 10.7. The Kier molecular flexibility index (Phi) is 11.0. The summed E-state index contributed by atoms with van der Waals surface area (Å²) in [6.07, 6.45) is -9.72. The normalized spacial score (nSPS) is 14.6. The monoisotopic (exact) mass is 708 g/mol. The molecule has 47 heavy (non-hydrogen) atoms. The zero-order valence-corrected chi connectivity index (χ0v) is 24.0. The number of aryl methyl sites for hydroxylation is 1. The third kappa shape index (κ3) is 7.42. The van der Waals surface area contributed by atoms with Crippen LogP contribution in [0.15, 0.2) is 48.5 Å². The molecule has 0 fully saturated rings. The van der Waals surface area contributed by atoms with Crippen LogP contribution in [0, 0.1) is 12.8 Å². The number of esters is 2. The van der Waals surface area contributed by atoms with E-state index in [4.69, 9.17) is 4.74 Å². The molecule has 0 N–H and O–H groups in total. The van der Waals surface area contributed by atoms with Gasteiger partial charge < -0.3 is 9.47 Å². The Morgan fingerprint density at radius 2 is 1.09 bits per heavy atom. The van der Waals surface area contributed by atoms with E-state index in [1.165, 1.54) is 36.4 Å². The minimum absolute atomic E-state index is 0.0926. The minimum Gasteiger partial charge on any atom is -0.456 e. The molecule has 0 aliphatic carbocycles. The molecule has 0 radical (unpaired) electrons. The average Bonchev–Trinajstić information content (AvgIpc) is 2.94. The van der Waals surface area contributed by atoms with Gasteiger partial charge in [0.2, 0.25) is 6.10 Å². The zero-order valence-electron chi connectivity index (χ0n) is 24.0. The van der Waals surface area contributed by atoms with E-state index in [9.17, 15) is 75.4 Å². The molecule has 0 saturated heterocycles. The van der Waals surface area contributed by atoms with Crippen molar-refractivity contribution in [3.63, 3.8) is 0 Å². The van der Waals surface area contributed by atoms with Gasteiger partial charge in [-0.2, -0.15) is 65.9 Å². The third-order valence-corrected chi connectivity index (χ3v) is 6.44. The van der Waals surface area contributed by atoms with Crippen molar-refractivity contribution in [3.8, 4) is 0 Å². The first kappa shape index (κ1) is 39.5. The molecule has 4 nitrogen and oxygen atoms in total. The third-order valence-electron chi connectivity index (χ3n) is 6.44. The maximum atomic E-state index is 14.3. The average molecular weight is 708 g/mol. The summed E-state index contributed by atoms with van der Waals surface area (Å²) in [5, 5.41) is 0. The van der Waals surface area contributed by atoms with E-state index < -0.39 is 66.4 Å². The van der Waals surface area contributed by atoms with Gasteiger partial charge in [-0.3, -0.25) is 0 Å². The standard InChI is InChI=1S/C28H23F15O4/c1-14(2)12-16-6-10-17(11-7-16)19(47-20(44)18-8-4-15(3)5-9-18)21(45)46-13-22(29,30)23(31,32)24(33,34)25(35,36)26(37,38)27(39,40)28(41,42)43/h4-11,14,19H,12-13H2,1-3H3. The lowest BCUT2D eigenvalue weighted by Gasteiger charge is -2.41. The SMILES string of the molecule is Cc1ccc(C(=O)OC(C(=O)OCC(F)(F)C(F)(F)C(F)(F)C(F)(F)C(F)(F)C(F)(F)C(F)(F)F)c2ccc(CC(C)C)cc2)cc1. The summed E-state index contributed by atoms with van der Waals surface area (Å²) in [6, 6.07) is 9.96. The molecule has 0 heterocycles. The molecule has 0 saturated carbocycles. The van der Waals surface area contributed by atoms with E-state index >= 15 is 0 Å². The van der Waals surface area contributed by atoms with Gasteiger partial charge in [-0.05, 0) is 37.0 Å². The highest BCUT2D eigenvalue weighted by Crippen LogP contribution is 2.62. The van der Waals surface area contributed by atoms with Crippen molar-refractivity contribution in [2.75, 3.05) is 6.61 Å². The molecule has 2 aromatic rings. The van der Waals surface area contributed by atoms with Crippen LogP contribution in [0.5, 0.6) is 0 Å². The summed E-state index contributed by atoms with van der Waals surface area (Å²) >= 11 is 0. The van der Waals surface area contributed by atoms with E-state index in [1.54, 1.807) is 6.92 Å². The fourth-order valence-corrected chi connectivity index (χ4v) is 3.74. The van der Waals surface area contributed by atoms with Crippen LogP contribution >= 0.6 is 0 Å². The van der Waals surface area contributed by atoms with Gasteiger partial charge in [0.15, 0.2) is 6.61 Å². The summed E-state index contributed by atoms with van der Waals surface area (Å²) in [5.74, 6) is -51.5. The van der Waals surface area contributed by atoms with Gasteiger partial charge >= 0.3 is 53.7 Å². The fourth-order valence-electron chi connectivity index (χ4n) is 3.74. The molecule has 2 aromatic carbocycles. The van der Waals surface area contributed by atoms with E-state index in [2.05, 4.69) is 4.74 Å². The lowest BCUT2D eigenvalue weighted by atomic mass is 9.91. The Hall–Kier alpha value is -3.67. The van der Waals surface area contributed by atoms with Crippen LogP contribution in [0.2, 0.25) is 0 Å². The molecule has 1 atom stereocenters. The summed E-state index contributed by atoms with van der Waals surface area (Å²) < 4.78 is 211. The van der Waals surface area contributed by atoms with Crippen molar-refractivity contribution in [2.45, 2.75) is 75.0 Å². The molecule has 264 valence electrons. The smallest absolute Gasteiger partial charge is 0.456 e. The van der Waals surface area contributed by atoms with Crippen molar-refractivity contribution >= 4 is 11.9 Å². The number of halogens is 15. The first-order valence-electron chi connectivity index (χ1n) is 12.9. The van der Waals surface area contributed by atoms with Crippen molar-refractivity contribution < 1.29 is 84.9 Å². The largest absolute Gasteiger partial charge is 0.460 e. The van der Waals surface area contributed by atoms with Gasteiger partial charge in [-0.25, -0.2) is 9.59 Å². The summed E-state index contributed by atoms with van der Waals surface area (Å²) in [6.45, 7) is 1.87. The molecule has 0 aliphatic heterocycles. The van der Waals surface area contributed by atoms with Crippen LogP contribution in [0.25, 0.3) is 0 Å². The van der Waals surface area contributed by atoms with Gasteiger partial charge in [-0.1, -0.05) is 55.8 Å². The number of carbonyl (C=O) groups excluding carboxylic acids is 2. The number of ether oxygens (including phenoxy) is 2. The zero-order chi connectivity index (χ0) is 36.6. The first-order valence-corrected chi connectivity index (χ1v) is 12.9. The molecular formula is C28H23F15O4. The van der Waals surface area contributed by atoms with Gasteiger partial charge in [-0.15, -0.1) is 0 Å².